The molecule has 118 valence electrons. The molecule has 0 saturated carbocycles. The van der Waals surface area contributed by atoms with Crippen LogP contribution in [0.25, 0.3) is 0 Å². The number of carbonyl (C=O) groups is 1. The molecule has 0 aliphatic carbocycles. The van der Waals surface area contributed by atoms with Gasteiger partial charge in [-0.15, -0.1) is 0 Å². The van der Waals surface area contributed by atoms with E-state index < -0.39 is 0 Å². The first kappa shape index (κ1) is 17.7. The minimum absolute atomic E-state index is 0.148. The molecule has 0 aromatic heterocycles. The molecule has 0 spiro atoms. The highest BCUT2D eigenvalue weighted by atomic mass is 19.1. The lowest BCUT2D eigenvalue weighted by Crippen LogP contribution is -2.32. The molecule has 21 heavy (non-hydrogen) atoms. The van der Waals surface area contributed by atoms with E-state index in [4.69, 9.17) is 0 Å². The van der Waals surface area contributed by atoms with Crippen molar-refractivity contribution in [1.29, 1.82) is 0 Å². The Morgan fingerprint density at radius 2 is 2.00 bits per heavy atom. The molecule has 0 bridgehead atoms. The Hall–Kier alpha value is -1.38. The predicted molar refractivity (Wildman–Crippen MR) is 87.1 cm³/mol. The van der Waals surface area contributed by atoms with Crippen LogP contribution in [0.3, 0.4) is 0 Å². The fraction of sp³-hybridized carbons (Fsp3) is 0.611. The van der Waals surface area contributed by atoms with Crippen LogP contribution in [-0.4, -0.2) is 12.5 Å². The summed E-state index contributed by atoms with van der Waals surface area (Å²) in [6, 6.07) is 4.66. The molecular formula is C18H28FNO. The molecule has 0 aliphatic heterocycles. The zero-order chi connectivity index (χ0) is 15.8. The van der Waals surface area contributed by atoms with Crippen molar-refractivity contribution >= 4 is 11.6 Å². The number of benzene rings is 1. The lowest BCUT2D eigenvalue weighted by atomic mass is 10.1. The minimum Gasteiger partial charge on any atom is -0.312 e. The maximum absolute atomic E-state index is 13.3. The maximum atomic E-state index is 13.3. The number of carbonyl (C=O) groups excluding carboxylic acids is 1. The van der Waals surface area contributed by atoms with E-state index in [2.05, 4.69) is 20.8 Å². The van der Waals surface area contributed by atoms with E-state index in [0.29, 0.717) is 18.9 Å². The summed E-state index contributed by atoms with van der Waals surface area (Å²) in [5, 5.41) is 0. The molecule has 0 atom stereocenters. The monoisotopic (exact) mass is 293 g/mol. The molecule has 0 N–H and O–H groups in total. The first-order chi connectivity index (χ1) is 9.95. The summed E-state index contributed by atoms with van der Waals surface area (Å²) in [5.74, 6) is 0.529. The van der Waals surface area contributed by atoms with Gasteiger partial charge in [-0.2, -0.15) is 0 Å². The number of rotatable bonds is 8. The predicted octanol–water partition coefficient (Wildman–Crippen LogP) is 5.09. The summed E-state index contributed by atoms with van der Waals surface area (Å²) in [6.45, 7) is 9.03. The first-order valence-corrected chi connectivity index (χ1v) is 8.02. The van der Waals surface area contributed by atoms with Crippen molar-refractivity contribution in [2.24, 2.45) is 5.92 Å². The third-order valence-electron chi connectivity index (χ3n) is 3.66. The van der Waals surface area contributed by atoms with E-state index >= 15 is 0 Å². The second-order valence-corrected chi connectivity index (χ2v) is 6.12. The van der Waals surface area contributed by atoms with Crippen LogP contribution in [-0.2, 0) is 4.79 Å². The molecule has 1 amide bonds. The SMILES string of the molecule is CCCCC(=O)N(CCCC(C)C)c1ccc(F)cc1C. The van der Waals surface area contributed by atoms with Gasteiger partial charge in [0.2, 0.25) is 5.91 Å². The lowest BCUT2D eigenvalue weighted by Gasteiger charge is -2.25. The Kier molecular flexibility index (Phi) is 7.41. The Morgan fingerprint density at radius 3 is 2.57 bits per heavy atom. The molecule has 2 nitrogen and oxygen atoms in total. The third kappa shape index (κ3) is 5.86. The van der Waals surface area contributed by atoms with Gasteiger partial charge in [0.1, 0.15) is 5.82 Å². The summed E-state index contributed by atoms with van der Waals surface area (Å²) in [5.41, 5.74) is 1.67. The molecule has 1 aromatic carbocycles. The van der Waals surface area contributed by atoms with E-state index in [-0.39, 0.29) is 11.7 Å². The van der Waals surface area contributed by atoms with E-state index in [9.17, 15) is 9.18 Å². The van der Waals surface area contributed by atoms with Gasteiger partial charge in [0.15, 0.2) is 0 Å². The van der Waals surface area contributed by atoms with Gasteiger partial charge in [0.25, 0.3) is 0 Å². The fourth-order valence-electron chi connectivity index (χ4n) is 2.42. The highest BCUT2D eigenvalue weighted by molar-refractivity contribution is 5.94. The molecule has 1 rings (SSSR count). The average Bonchev–Trinajstić information content (AvgIpc) is 2.41. The normalized spacial score (nSPS) is 11.0. The largest absolute Gasteiger partial charge is 0.312 e. The topological polar surface area (TPSA) is 20.3 Å². The molecule has 0 aliphatic rings. The van der Waals surface area contributed by atoms with Crippen molar-refractivity contribution < 1.29 is 9.18 Å². The first-order valence-electron chi connectivity index (χ1n) is 8.02. The van der Waals surface area contributed by atoms with Crippen molar-refractivity contribution in [2.75, 3.05) is 11.4 Å². The van der Waals surface area contributed by atoms with Crippen LogP contribution >= 0.6 is 0 Å². The second-order valence-electron chi connectivity index (χ2n) is 6.12. The Labute approximate surface area is 128 Å². The number of halogens is 1. The molecule has 0 fully saturated rings. The fourth-order valence-corrected chi connectivity index (χ4v) is 2.42. The number of amides is 1. The van der Waals surface area contributed by atoms with E-state index in [1.165, 1.54) is 12.1 Å². The molecular weight excluding hydrogens is 265 g/mol. The van der Waals surface area contributed by atoms with Crippen LogP contribution in [0, 0.1) is 18.7 Å². The van der Waals surface area contributed by atoms with Crippen molar-refractivity contribution in [2.45, 2.75) is 59.8 Å². The average molecular weight is 293 g/mol. The van der Waals surface area contributed by atoms with Gasteiger partial charge in [-0.1, -0.05) is 27.2 Å². The van der Waals surface area contributed by atoms with E-state index in [0.717, 1.165) is 36.9 Å². The highest BCUT2D eigenvalue weighted by Gasteiger charge is 2.17. The van der Waals surface area contributed by atoms with Crippen LogP contribution < -0.4 is 4.90 Å². The van der Waals surface area contributed by atoms with Gasteiger partial charge in [-0.25, -0.2) is 4.39 Å². The molecule has 0 heterocycles. The van der Waals surface area contributed by atoms with Gasteiger partial charge in [-0.3, -0.25) is 4.79 Å². The molecule has 0 saturated heterocycles. The Balaban J connectivity index is 2.86. The number of hydrogen-bond donors (Lipinski definition) is 0. The third-order valence-corrected chi connectivity index (χ3v) is 3.66. The maximum Gasteiger partial charge on any atom is 0.226 e. The number of anilines is 1. The molecule has 1 aromatic rings. The summed E-state index contributed by atoms with van der Waals surface area (Å²) < 4.78 is 13.3. The van der Waals surface area contributed by atoms with Gasteiger partial charge in [-0.05, 0) is 55.9 Å². The summed E-state index contributed by atoms with van der Waals surface area (Å²) >= 11 is 0. The van der Waals surface area contributed by atoms with Crippen molar-refractivity contribution in [3.63, 3.8) is 0 Å². The number of nitrogens with zero attached hydrogens (tertiary/aromatic N) is 1. The zero-order valence-electron chi connectivity index (χ0n) is 13.8. The number of unbranched alkanes of at least 4 members (excludes halogenated alkanes) is 1. The van der Waals surface area contributed by atoms with Crippen LogP contribution in [0.15, 0.2) is 18.2 Å². The summed E-state index contributed by atoms with van der Waals surface area (Å²) in [4.78, 5) is 14.3. The summed E-state index contributed by atoms with van der Waals surface area (Å²) in [6.07, 6.45) is 4.55. The van der Waals surface area contributed by atoms with Gasteiger partial charge in [0, 0.05) is 18.7 Å². The molecule has 0 radical (unpaired) electrons. The number of hydrogen-bond acceptors (Lipinski definition) is 1. The van der Waals surface area contributed by atoms with Crippen LogP contribution in [0.4, 0.5) is 10.1 Å². The van der Waals surface area contributed by atoms with Gasteiger partial charge < -0.3 is 4.90 Å². The van der Waals surface area contributed by atoms with Crippen molar-refractivity contribution in [3.8, 4) is 0 Å². The van der Waals surface area contributed by atoms with E-state index in [1.54, 1.807) is 6.07 Å². The molecule has 0 unspecified atom stereocenters. The lowest BCUT2D eigenvalue weighted by molar-refractivity contribution is -0.118. The van der Waals surface area contributed by atoms with Crippen LogP contribution in [0.2, 0.25) is 0 Å². The molecule has 3 heteroatoms. The quantitative estimate of drug-likeness (QED) is 0.653. The zero-order valence-corrected chi connectivity index (χ0v) is 13.8. The Morgan fingerprint density at radius 1 is 1.29 bits per heavy atom. The highest BCUT2D eigenvalue weighted by Crippen LogP contribution is 2.23. The van der Waals surface area contributed by atoms with Crippen molar-refractivity contribution in [1.82, 2.24) is 0 Å². The minimum atomic E-state index is -0.251. The van der Waals surface area contributed by atoms with Crippen LogP contribution in [0.1, 0.15) is 58.4 Å². The standard InChI is InChI=1S/C18H28FNO/c1-5-6-9-18(21)20(12-7-8-14(2)3)17-11-10-16(19)13-15(17)4/h10-11,13-14H,5-9,12H2,1-4H3. The van der Waals surface area contributed by atoms with Crippen LogP contribution in [0.5, 0.6) is 0 Å². The van der Waals surface area contributed by atoms with Crippen molar-refractivity contribution in [3.05, 3.63) is 29.6 Å². The van der Waals surface area contributed by atoms with E-state index in [1.807, 2.05) is 11.8 Å². The smallest absolute Gasteiger partial charge is 0.226 e. The number of aryl methyl sites for hydroxylation is 1. The van der Waals surface area contributed by atoms with Gasteiger partial charge in [0.05, 0.1) is 0 Å². The Bertz CT molecular complexity index is 457. The summed E-state index contributed by atoms with van der Waals surface area (Å²) in [7, 11) is 0. The van der Waals surface area contributed by atoms with Gasteiger partial charge >= 0.3 is 0 Å². The second kappa shape index (κ2) is 8.81.